The first kappa shape index (κ1) is 19.6. The minimum atomic E-state index is -3.22. The lowest BCUT2D eigenvalue weighted by Gasteiger charge is -2.26. The number of hydrogen-bond acceptors (Lipinski definition) is 4. The van der Waals surface area contributed by atoms with Gasteiger partial charge in [0.2, 0.25) is 15.9 Å². The van der Waals surface area contributed by atoms with E-state index in [4.69, 9.17) is 17.3 Å². The minimum absolute atomic E-state index is 0.00681. The molecule has 1 aliphatic carbocycles. The van der Waals surface area contributed by atoms with Crippen molar-refractivity contribution in [1.29, 1.82) is 0 Å². The van der Waals surface area contributed by atoms with Crippen LogP contribution in [0.5, 0.6) is 0 Å². The number of carbonyl (C=O) groups is 1. The zero-order valence-corrected chi connectivity index (χ0v) is 16.3. The van der Waals surface area contributed by atoms with Crippen molar-refractivity contribution in [3.05, 3.63) is 34.9 Å². The lowest BCUT2D eigenvalue weighted by Crippen LogP contribution is -2.45. The van der Waals surface area contributed by atoms with Gasteiger partial charge in [-0.25, -0.2) is 13.1 Å². The molecule has 3 rings (SSSR count). The van der Waals surface area contributed by atoms with Crippen molar-refractivity contribution in [1.82, 2.24) is 9.62 Å². The average molecular weight is 400 g/mol. The highest BCUT2D eigenvalue weighted by molar-refractivity contribution is 7.90. The summed E-state index contributed by atoms with van der Waals surface area (Å²) in [5.74, 6) is -0.00681. The molecule has 0 spiro atoms. The van der Waals surface area contributed by atoms with Crippen LogP contribution in [-0.2, 0) is 21.2 Å². The number of halogens is 1. The highest BCUT2D eigenvalue weighted by atomic mass is 35.5. The number of nitrogens with two attached hydrogens (primary N) is 1. The second-order valence-corrected chi connectivity index (χ2v) is 9.76. The Morgan fingerprint density at radius 1 is 1.35 bits per heavy atom. The second-order valence-electron chi connectivity index (χ2n) is 7.27. The number of amides is 1. The van der Waals surface area contributed by atoms with Crippen LogP contribution >= 0.6 is 11.6 Å². The summed E-state index contributed by atoms with van der Waals surface area (Å²) in [6.07, 6.45) is 4.02. The van der Waals surface area contributed by atoms with E-state index >= 15 is 0 Å². The van der Waals surface area contributed by atoms with Gasteiger partial charge >= 0.3 is 0 Å². The molecule has 1 aliphatic heterocycles. The van der Waals surface area contributed by atoms with Gasteiger partial charge in [-0.1, -0.05) is 23.7 Å². The molecule has 1 heterocycles. The third kappa shape index (κ3) is 5.19. The van der Waals surface area contributed by atoms with E-state index in [1.165, 1.54) is 0 Å². The third-order valence-electron chi connectivity index (χ3n) is 5.00. The molecule has 0 unspecified atom stereocenters. The summed E-state index contributed by atoms with van der Waals surface area (Å²) in [4.78, 5) is 14.4. The van der Waals surface area contributed by atoms with Crippen molar-refractivity contribution in [2.75, 3.05) is 13.1 Å². The zero-order valence-electron chi connectivity index (χ0n) is 14.7. The fraction of sp³-hybridized carbons (Fsp3) is 0.611. The van der Waals surface area contributed by atoms with Gasteiger partial charge < -0.3 is 10.6 Å². The predicted molar refractivity (Wildman–Crippen MR) is 102 cm³/mol. The number of nitrogens with zero attached hydrogens (tertiary/aromatic N) is 1. The average Bonchev–Trinajstić information content (AvgIpc) is 3.32. The highest BCUT2D eigenvalue weighted by Crippen LogP contribution is 2.28. The van der Waals surface area contributed by atoms with Crippen molar-refractivity contribution in [3.8, 4) is 0 Å². The van der Waals surface area contributed by atoms with Crippen LogP contribution in [0.4, 0.5) is 0 Å². The van der Waals surface area contributed by atoms with Gasteiger partial charge in [0.05, 0.1) is 5.25 Å². The van der Waals surface area contributed by atoms with Crippen LogP contribution in [0.2, 0.25) is 5.02 Å². The number of benzene rings is 1. The highest BCUT2D eigenvalue weighted by Gasteiger charge is 2.37. The minimum Gasteiger partial charge on any atom is -0.338 e. The van der Waals surface area contributed by atoms with Crippen LogP contribution in [0.1, 0.15) is 37.7 Å². The molecular formula is C18H26ClN3O3S. The molecule has 2 atom stereocenters. The molecule has 1 amide bonds. The molecule has 0 aromatic heterocycles. The van der Waals surface area contributed by atoms with Gasteiger partial charge in [-0.3, -0.25) is 4.79 Å². The Hall–Kier alpha value is -1.15. The molecule has 1 saturated carbocycles. The maximum absolute atomic E-state index is 12.6. The van der Waals surface area contributed by atoms with E-state index in [1.807, 2.05) is 18.2 Å². The summed E-state index contributed by atoms with van der Waals surface area (Å²) >= 11 is 5.98. The van der Waals surface area contributed by atoms with Crippen LogP contribution in [-0.4, -0.2) is 49.6 Å². The lowest BCUT2D eigenvalue weighted by molar-refractivity contribution is -0.132. The topological polar surface area (TPSA) is 92.5 Å². The number of rotatable bonds is 8. The summed E-state index contributed by atoms with van der Waals surface area (Å²) < 4.78 is 26.7. The number of hydrogen-bond donors (Lipinski definition) is 2. The van der Waals surface area contributed by atoms with Crippen molar-refractivity contribution in [2.45, 2.75) is 55.9 Å². The van der Waals surface area contributed by atoms with Gasteiger partial charge in [0.25, 0.3) is 0 Å². The Bertz CT molecular complexity index is 752. The molecule has 144 valence electrons. The molecule has 1 saturated heterocycles. The Balaban J connectivity index is 1.51. The lowest BCUT2D eigenvalue weighted by atomic mass is 10.0. The molecule has 8 heteroatoms. The van der Waals surface area contributed by atoms with Gasteiger partial charge in [-0.05, 0) is 49.8 Å². The molecular weight excluding hydrogens is 374 g/mol. The Kier molecular flexibility index (Phi) is 6.22. The van der Waals surface area contributed by atoms with Crippen LogP contribution in [0, 0.1) is 0 Å². The monoisotopic (exact) mass is 399 g/mol. The van der Waals surface area contributed by atoms with Crippen molar-refractivity contribution < 1.29 is 13.2 Å². The van der Waals surface area contributed by atoms with Crippen LogP contribution in [0.25, 0.3) is 0 Å². The summed E-state index contributed by atoms with van der Waals surface area (Å²) in [5.41, 5.74) is 7.17. The standard InChI is InChI=1S/C18H26ClN3O3S/c19-14-4-1-3-13(9-14)10-15(20)11-18(23)22-8-2-5-16(22)12-21-26(24,25)17-6-7-17/h1,3-4,9,15-17,21H,2,5-8,10-12,20H2/t15-,16+/m1/s1. The fourth-order valence-electron chi connectivity index (χ4n) is 3.47. The molecule has 3 N–H and O–H groups in total. The molecule has 1 aromatic carbocycles. The van der Waals surface area contributed by atoms with E-state index in [0.717, 1.165) is 31.2 Å². The first-order chi connectivity index (χ1) is 12.3. The first-order valence-corrected chi connectivity index (χ1v) is 11.1. The van der Waals surface area contributed by atoms with Crippen LogP contribution in [0.15, 0.2) is 24.3 Å². The molecule has 2 aliphatic rings. The van der Waals surface area contributed by atoms with E-state index in [-0.39, 0.29) is 29.7 Å². The summed E-state index contributed by atoms with van der Waals surface area (Å²) in [6.45, 7) is 0.965. The van der Waals surface area contributed by atoms with Crippen LogP contribution in [0.3, 0.4) is 0 Å². The van der Waals surface area contributed by atoms with E-state index in [0.29, 0.717) is 24.5 Å². The Labute approximate surface area is 160 Å². The van der Waals surface area contributed by atoms with Gasteiger partial charge in [0, 0.05) is 36.6 Å². The van der Waals surface area contributed by atoms with E-state index in [2.05, 4.69) is 4.72 Å². The molecule has 6 nitrogen and oxygen atoms in total. The number of nitrogens with one attached hydrogen (secondary N) is 1. The largest absolute Gasteiger partial charge is 0.338 e. The normalized spacial score (nSPS) is 21.8. The van der Waals surface area contributed by atoms with Gasteiger partial charge in [0.15, 0.2) is 0 Å². The van der Waals surface area contributed by atoms with Crippen molar-refractivity contribution in [3.63, 3.8) is 0 Å². The second kappa shape index (κ2) is 8.25. The maximum atomic E-state index is 12.6. The predicted octanol–water partition coefficient (Wildman–Crippen LogP) is 1.67. The number of carbonyl (C=O) groups excluding carboxylic acids is 1. The van der Waals surface area contributed by atoms with E-state index in [9.17, 15) is 13.2 Å². The maximum Gasteiger partial charge on any atom is 0.224 e. The van der Waals surface area contributed by atoms with Crippen molar-refractivity contribution in [2.24, 2.45) is 5.73 Å². The first-order valence-electron chi connectivity index (χ1n) is 9.13. The third-order valence-corrected chi connectivity index (χ3v) is 7.16. The molecule has 0 bridgehead atoms. The van der Waals surface area contributed by atoms with Gasteiger partial charge in [0.1, 0.15) is 0 Å². The van der Waals surface area contributed by atoms with Gasteiger partial charge in [-0.2, -0.15) is 0 Å². The summed E-state index contributed by atoms with van der Waals surface area (Å²) in [5, 5.41) is 0.419. The van der Waals surface area contributed by atoms with Crippen LogP contribution < -0.4 is 10.5 Å². The van der Waals surface area contributed by atoms with Crippen molar-refractivity contribution >= 4 is 27.5 Å². The number of likely N-dealkylation sites (tertiary alicyclic amines) is 1. The SMILES string of the molecule is N[C@@H](CC(=O)N1CCC[C@H]1CNS(=O)(=O)C1CC1)Cc1cccc(Cl)c1. The van der Waals surface area contributed by atoms with E-state index < -0.39 is 10.0 Å². The molecule has 2 fully saturated rings. The summed E-state index contributed by atoms with van der Waals surface area (Å²) in [6, 6.07) is 7.12. The Morgan fingerprint density at radius 3 is 2.81 bits per heavy atom. The fourth-order valence-corrected chi connectivity index (χ4v) is 5.10. The quantitative estimate of drug-likeness (QED) is 0.695. The number of sulfonamides is 1. The zero-order chi connectivity index (χ0) is 18.7. The smallest absolute Gasteiger partial charge is 0.224 e. The Morgan fingerprint density at radius 2 is 2.12 bits per heavy atom. The van der Waals surface area contributed by atoms with Gasteiger partial charge in [-0.15, -0.1) is 0 Å². The van der Waals surface area contributed by atoms with E-state index in [1.54, 1.807) is 11.0 Å². The molecule has 0 radical (unpaired) electrons. The molecule has 1 aromatic rings. The summed E-state index contributed by atoms with van der Waals surface area (Å²) in [7, 11) is -3.22. The molecule has 26 heavy (non-hydrogen) atoms.